The Labute approximate surface area is 86.4 Å². The molecule has 0 saturated carbocycles. The zero-order chi connectivity index (χ0) is 10.1. The Morgan fingerprint density at radius 2 is 2.21 bits per heavy atom. The Morgan fingerprint density at radius 1 is 1.43 bits per heavy atom. The summed E-state index contributed by atoms with van der Waals surface area (Å²) in [6.07, 6.45) is 10.5. The van der Waals surface area contributed by atoms with Crippen LogP contribution >= 0.6 is 0 Å². The Morgan fingerprint density at radius 3 is 2.93 bits per heavy atom. The lowest BCUT2D eigenvalue weighted by Gasteiger charge is -2.09. The van der Waals surface area contributed by atoms with Gasteiger partial charge in [0.15, 0.2) is 0 Å². The molecular weight excluding hydrogens is 170 g/mol. The number of nitrogens with zero attached hydrogens (tertiary/aromatic N) is 1. The molecule has 1 heteroatoms. The topological polar surface area (TPSA) is 4.93 Å². The first-order valence-electron chi connectivity index (χ1n) is 5.52. The molecule has 0 bridgehead atoms. The minimum absolute atomic E-state index is 0.747. The molecular formula is C13H19N. The van der Waals surface area contributed by atoms with Crippen molar-refractivity contribution in [2.45, 2.75) is 33.1 Å². The van der Waals surface area contributed by atoms with Crippen molar-refractivity contribution >= 4 is 6.08 Å². The maximum atomic E-state index is 2.31. The molecule has 0 amide bonds. The fraction of sp³-hybridized carbons (Fsp3) is 0.538. The molecule has 0 aliphatic heterocycles. The van der Waals surface area contributed by atoms with Gasteiger partial charge in [-0.05, 0) is 36.3 Å². The van der Waals surface area contributed by atoms with Gasteiger partial charge < -0.3 is 4.57 Å². The van der Waals surface area contributed by atoms with Crippen LogP contribution in [0.3, 0.4) is 0 Å². The highest BCUT2D eigenvalue weighted by Crippen LogP contribution is 2.26. The summed E-state index contributed by atoms with van der Waals surface area (Å²) in [6.45, 7) is 4.57. The Hall–Kier alpha value is -0.980. The van der Waals surface area contributed by atoms with Gasteiger partial charge in [0.1, 0.15) is 0 Å². The third-order valence-electron chi connectivity index (χ3n) is 2.89. The third-order valence-corrected chi connectivity index (χ3v) is 2.89. The maximum Gasteiger partial charge on any atom is 0.0250 e. The predicted octanol–water partition coefficient (Wildman–Crippen LogP) is 3.18. The highest BCUT2D eigenvalue weighted by molar-refractivity contribution is 5.59. The molecule has 76 valence electrons. The van der Waals surface area contributed by atoms with E-state index in [0.29, 0.717) is 0 Å². The molecule has 0 unspecified atom stereocenters. The quantitative estimate of drug-likeness (QED) is 0.673. The van der Waals surface area contributed by atoms with Gasteiger partial charge in [-0.3, -0.25) is 0 Å². The van der Waals surface area contributed by atoms with Gasteiger partial charge in [-0.15, -0.1) is 0 Å². The van der Waals surface area contributed by atoms with Crippen molar-refractivity contribution in [1.82, 2.24) is 4.57 Å². The molecule has 0 radical (unpaired) electrons. The van der Waals surface area contributed by atoms with E-state index < -0.39 is 0 Å². The van der Waals surface area contributed by atoms with E-state index in [0.717, 1.165) is 5.92 Å². The second kappa shape index (κ2) is 3.64. The van der Waals surface area contributed by atoms with Crippen LogP contribution in [0, 0.1) is 5.92 Å². The van der Waals surface area contributed by atoms with Crippen molar-refractivity contribution in [2.75, 3.05) is 0 Å². The van der Waals surface area contributed by atoms with Gasteiger partial charge >= 0.3 is 0 Å². The molecule has 0 atom stereocenters. The van der Waals surface area contributed by atoms with Crippen molar-refractivity contribution in [3.8, 4) is 0 Å². The number of aryl methyl sites for hydroxylation is 1. The average molecular weight is 189 g/mol. The number of hydrogen-bond donors (Lipinski definition) is 0. The molecule has 1 aromatic heterocycles. The molecule has 0 fully saturated rings. The van der Waals surface area contributed by atoms with E-state index in [1.165, 1.54) is 36.1 Å². The summed E-state index contributed by atoms with van der Waals surface area (Å²) in [5.41, 5.74) is 4.53. The molecule has 14 heavy (non-hydrogen) atoms. The first kappa shape index (κ1) is 9.57. The largest absolute Gasteiger partial charge is 0.354 e. The van der Waals surface area contributed by atoms with Crippen LogP contribution in [-0.2, 0) is 19.9 Å². The number of hydrogen-bond acceptors (Lipinski definition) is 0. The van der Waals surface area contributed by atoms with Crippen molar-refractivity contribution in [2.24, 2.45) is 13.0 Å². The van der Waals surface area contributed by atoms with Gasteiger partial charge in [0.25, 0.3) is 0 Å². The number of allylic oxidation sites excluding steroid dienone is 1. The minimum atomic E-state index is 0.747. The van der Waals surface area contributed by atoms with E-state index in [-0.39, 0.29) is 0 Å². The van der Waals surface area contributed by atoms with Gasteiger partial charge in [0.05, 0.1) is 0 Å². The Balaban J connectivity index is 2.38. The van der Waals surface area contributed by atoms with Gasteiger partial charge in [0, 0.05) is 18.9 Å². The lowest BCUT2D eigenvalue weighted by atomic mass is 9.96. The second-order valence-electron chi connectivity index (χ2n) is 4.66. The summed E-state index contributed by atoms with van der Waals surface area (Å²) >= 11 is 0. The smallest absolute Gasteiger partial charge is 0.0250 e. The van der Waals surface area contributed by atoms with Crippen LogP contribution in [0.1, 0.15) is 37.1 Å². The van der Waals surface area contributed by atoms with Crippen LogP contribution in [0.15, 0.2) is 12.3 Å². The first-order valence-corrected chi connectivity index (χ1v) is 5.52. The van der Waals surface area contributed by atoms with Crippen LogP contribution in [0.5, 0.6) is 0 Å². The van der Waals surface area contributed by atoms with E-state index >= 15 is 0 Å². The second-order valence-corrected chi connectivity index (χ2v) is 4.66. The van der Waals surface area contributed by atoms with E-state index in [1.54, 1.807) is 0 Å². The molecule has 0 N–H and O–H groups in total. The van der Waals surface area contributed by atoms with Crippen LogP contribution in [0.25, 0.3) is 6.08 Å². The van der Waals surface area contributed by atoms with Crippen LogP contribution < -0.4 is 0 Å². The van der Waals surface area contributed by atoms with E-state index in [1.807, 2.05) is 0 Å². The molecule has 0 aromatic carbocycles. The van der Waals surface area contributed by atoms with Crippen molar-refractivity contribution in [3.05, 3.63) is 29.1 Å². The normalized spacial score (nSPS) is 14.9. The number of aromatic nitrogens is 1. The zero-order valence-corrected chi connectivity index (χ0v) is 9.38. The van der Waals surface area contributed by atoms with Crippen LogP contribution in [0.4, 0.5) is 0 Å². The first-order chi connectivity index (χ1) is 6.68. The highest BCUT2D eigenvalue weighted by atomic mass is 14.9. The minimum Gasteiger partial charge on any atom is -0.354 e. The molecule has 0 spiro atoms. The highest BCUT2D eigenvalue weighted by Gasteiger charge is 2.14. The summed E-state index contributed by atoms with van der Waals surface area (Å²) < 4.78 is 2.30. The van der Waals surface area contributed by atoms with E-state index in [4.69, 9.17) is 0 Å². The van der Waals surface area contributed by atoms with Gasteiger partial charge in [0.2, 0.25) is 0 Å². The Kier molecular flexibility index (Phi) is 2.49. The predicted molar refractivity (Wildman–Crippen MR) is 61.3 cm³/mol. The van der Waals surface area contributed by atoms with Crippen LogP contribution in [0.2, 0.25) is 0 Å². The molecule has 1 aliphatic carbocycles. The van der Waals surface area contributed by atoms with Gasteiger partial charge in [-0.1, -0.05) is 26.0 Å². The lowest BCUT2D eigenvalue weighted by molar-refractivity contribution is 0.646. The monoisotopic (exact) mass is 189 g/mol. The van der Waals surface area contributed by atoms with Crippen molar-refractivity contribution < 1.29 is 0 Å². The molecule has 1 nitrogen and oxygen atoms in total. The van der Waals surface area contributed by atoms with Gasteiger partial charge in [-0.2, -0.15) is 0 Å². The summed E-state index contributed by atoms with van der Waals surface area (Å²) in [5.74, 6) is 0.747. The standard InChI is InChI=1S/C13H19N/c1-10(2)8-11-9-14(3)13-7-5-4-6-12(11)13/h4,6,9-10H,5,7-8H2,1-3H3. The lowest BCUT2D eigenvalue weighted by Crippen LogP contribution is -1.99. The van der Waals surface area contributed by atoms with Crippen LogP contribution in [-0.4, -0.2) is 4.57 Å². The SMILES string of the molecule is CC(C)Cc1cn(C)c2c1C=CCC2. The summed E-state index contributed by atoms with van der Waals surface area (Å²) in [7, 11) is 2.17. The van der Waals surface area contributed by atoms with Gasteiger partial charge in [-0.25, -0.2) is 0 Å². The average Bonchev–Trinajstić information content (AvgIpc) is 2.44. The fourth-order valence-electron chi connectivity index (χ4n) is 2.29. The third kappa shape index (κ3) is 1.63. The molecule has 1 aromatic rings. The fourth-order valence-corrected chi connectivity index (χ4v) is 2.29. The molecule has 1 aliphatic rings. The van der Waals surface area contributed by atoms with E-state index in [2.05, 4.69) is 43.8 Å². The Bertz CT molecular complexity index is 356. The molecule has 0 saturated heterocycles. The summed E-state index contributed by atoms with van der Waals surface area (Å²) in [6, 6.07) is 0. The maximum absolute atomic E-state index is 2.31. The summed E-state index contributed by atoms with van der Waals surface area (Å²) in [5, 5.41) is 0. The molecule has 2 rings (SSSR count). The zero-order valence-electron chi connectivity index (χ0n) is 9.38. The van der Waals surface area contributed by atoms with Crippen molar-refractivity contribution in [1.29, 1.82) is 0 Å². The summed E-state index contributed by atoms with van der Waals surface area (Å²) in [4.78, 5) is 0. The van der Waals surface area contributed by atoms with Crippen molar-refractivity contribution in [3.63, 3.8) is 0 Å². The molecule has 1 heterocycles. The number of fused-ring (bicyclic) bond motifs is 1. The van der Waals surface area contributed by atoms with E-state index in [9.17, 15) is 0 Å². The number of rotatable bonds is 2.